The zero-order chi connectivity index (χ0) is 23.1. The minimum Gasteiger partial charge on any atom is -0.500 e. The molecule has 0 spiro atoms. The molecule has 0 aliphatic carbocycles. The van der Waals surface area contributed by atoms with Crippen LogP contribution >= 0.6 is 0 Å². The highest BCUT2D eigenvalue weighted by molar-refractivity contribution is 6.09. The summed E-state index contributed by atoms with van der Waals surface area (Å²) in [5.74, 6) is -0.408. The predicted octanol–water partition coefficient (Wildman–Crippen LogP) is 5.45. The lowest BCUT2D eigenvalue weighted by Gasteiger charge is -2.31. The maximum absolute atomic E-state index is 11.6. The van der Waals surface area contributed by atoms with Crippen molar-refractivity contribution in [2.45, 2.75) is 26.3 Å². The maximum Gasteiger partial charge on any atom is 0.315 e. The van der Waals surface area contributed by atoms with Crippen LogP contribution in [0.4, 0.5) is 5.69 Å². The van der Waals surface area contributed by atoms with Gasteiger partial charge in [0.25, 0.3) is 0 Å². The molecule has 33 heavy (non-hydrogen) atoms. The molecular formula is C26H25N3O4. The van der Waals surface area contributed by atoms with Gasteiger partial charge in [0.15, 0.2) is 5.75 Å². The third-order valence-corrected chi connectivity index (χ3v) is 6.44. The molecule has 0 bridgehead atoms. The second kappa shape index (κ2) is 8.33. The van der Waals surface area contributed by atoms with Gasteiger partial charge in [-0.05, 0) is 53.4 Å². The largest absolute Gasteiger partial charge is 0.500 e. The number of rotatable bonds is 5. The van der Waals surface area contributed by atoms with E-state index in [4.69, 9.17) is 9.72 Å². The van der Waals surface area contributed by atoms with Crippen molar-refractivity contribution in [3.63, 3.8) is 0 Å². The molecule has 1 aliphatic rings. The van der Waals surface area contributed by atoms with Crippen molar-refractivity contribution in [3.8, 4) is 22.8 Å². The van der Waals surface area contributed by atoms with Gasteiger partial charge in [-0.1, -0.05) is 37.3 Å². The smallest absolute Gasteiger partial charge is 0.315 e. The van der Waals surface area contributed by atoms with Crippen LogP contribution in [0.3, 0.4) is 0 Å². The zero-order valence-corrected chi connectivity index (χ0v) is 18.7. The number of aromatic nitrogens is 1. The van der Waals surface area contributed by atoms with E-state index in [1.165, 1.54) is 29.5 Å². The molecule has 0 radical (unpaired) electrons. The van der Waals surface area contributed by atoms with Gasteiger partial charge in [0.2, 0.25) is 5.75 Å². The molecule has 0 atom stereocenters. The van der Waals surface area contributed by atoms with E-state index in [9.17, 15) is 15.2 Å². The first-order chi connectivity index (χ1) is 16.0. The second-order valence-corrected chi connectivity index (χ2v) is 8.43. The van der Waals surface area contributed by atoms with Crippen molar-refractivity contribution in [2.24, 2.45) is 0 Å². The molecular weight excluding hydrogens is 418 g/mol. The number of nitrogens with zero attached hydrogens (tertiary/aromatic N) is 3. The molecule has 0 saturated carbocycles. The molecule has 1 aliphatic heterocycles. The average Bonchev–Trinajstić information content (AvgIpc) is 2.83. The lowest BCUT2D eigenvalue weighted by Crippen LogP contribution is -2.32. The normalized spacial score (nSPS) is 13.9. The van der Waals surface area contributed by atoms with Crippen molar-refractivity contribution < 1.29 is 14.8 Å². The Labute approximate surface area is 191 Å². The van der Waals surface area contributed by atoms with Gasteiger partial charge in [-0.3, -0.25) is 15.0 Å². The van der Waals surface area contributed by atoms with Crippen LogP contribution in [-0.4, -0.2) is 40.1 Å². The number of nitro benzene ring substituents is 1. The highest BCUT2D eigenvalue weighted by atomic mass is 16.6. The first-order valence-corrected chi connectivity index (χ1v) is 11.1. The summed E-state index contributed by atoms with van der Waals surface area (Å²) in [4.78, 5) is 18.4. The average molecular weight is 444 g/mol. The van der Waals surface area contributed by atoms with Gasteiger partial charge in [0, 0.05) is 30.1 Å². The van der Waals surface area contributed by atoms with Crippen molar-refractivity contribution in [1.29, 1.82) is 0 Å². The standard InChI is InChI=1S/C26H25N3O4/c1-3-11-28-12-10-19-20(15-28)25(17-13-22(29(31)32)26(30)23(14-17)33-2)27-21-9-8-16-6-4-5-7-18(16)24(19)21/h4-9,13-14,30H,3,10-12,15H2,1-2H3. The van der Waals surface area contributed by atoms with Gasteiger partial charge in [0.1, 0.15) is 0 Å². The number of hydrogen-bond acceptors (Lipinski definition) is 6. The highest BCUT2D eigenvalue weighted by Crippen LogP contribution is 2.43. The SMILES string of the molecule is CCCN1CCc2c(c(-c3cc(OC)c(O)c([N+](=O)[O-])c3)nc3ccc4ccccc4c23)C1. The van der Waals surface area contributed by atoms with Crippen LogP contribution in [0.5, 0.6) is 11.5 Å². The zero-order valence-electron chi connectivity index (χ0n) is 18.7. The van der Waals surface area contributed by atoms with E-state index in [0.717, 1.165) is 48.9 Å². The molecule has 0 fully saturated rings. The van der Waals surface area contributed by atoms with E-state index in [0.29, 0.717) is 11.3 Å². The molecule has 1 N–H and O–H groups in total. The van der Waals surface area contributed by atoms with Crippen LogP contribution in [0.25, 0.3) is 32.9 Å². The third-order valence-electron chi connectivity index (χ3n) is 6.44. The Kier molecular flexibility index (Phi) is 5.34. The van der Waals surface area contributed by atoms with E-state index in [1.54, 1.807) is 6.07 Å². The lowest BCUT2D eigenvalue weighted by atomic mass is 9.89. The second-order valence-electron chi connectivity index (χ2n) is 8.43. The quantitative estimate of drug-likeness (QED) is 0.251. The van der Waals surface area contributed by atoms with Crippen LogP contribution < -0.4 is 4.74 Å². The Balaban J connectivity index is 1.83. The van der Waals surface area contributed by atoms with E-state index < -0.39 is 10.7 Å². The number of nitro groups is 1. The van der Waals surface area contributed by atoms with Crippen molar-refractivity contribution in [1.82, 2.24) is 9.88 Å². The molecule has 1 aromatic heterocycles. The fourth-order valence-electron chi connectivity index (χ4n) is 4.94. The summed E-state index contributed by atoms with van der Waals surface area (Å²) < 4.78 is 5.25. The Morgan fingerprint density at radius 1 is 1.18 bits per heavy atom. The molecule has 0 saturated heterocycles. The molecule has 5 rings (SSSR count). The van der Waals surface area contributed by atoms with E-state index >= 15 is 0 Å². The summed E-state index contributed by atoms with van der Waals surface area (Å²) >= 11 is 0. The van der Waals surface area contributed by atoms with E-state index in [2.05, 4.69) is 30.0 Å². The first-order valence-electron chi connectivity index (χ1n) is 11.1. The van der Waals surface area contributed by atoms with Gasteiger partial charge in [-0.25, -0.2) is 4.98 Å². The fraction of sp³-hybridized carbons (Fsp3) is 0.269. The Morgan fingerprint density at radius 2 is 2.00 bits per heavy atom. The Bertz CT molecular complexity index is 1400. The first kappa shape index (κ1) is 21.2. The van der Waals surface area contributed by atoms with Crippen LogP contribution in [-0.2, 0) is 13.0 Å². The summed E-state index contributed by atoms with van der Waals surface area (Å²) in [5, 5.41) is 25.4. The van der Waals surface area contributed by atoms with Crippen LogP contribution in [0.1, 0.15) is 24.5 Å². The third kappa shape index (κ3) is 3.54. The van der Waals surface area contributed by atoms with Crippen molar-refractivity contribution in [2.75, 3.05) is 20.2 Å². The number of pyridine rings is 1. The summed E-state index contributed by atoms with van der Waals surface area (Å²) in [6.07, 6.45) is 1.93. The van der Waals surface area contributed by atoms with E-state index in [1.807, 2.05) is 18.2 Å². The Hall–Kier alpha value is -3.71. The summed E-state index contributed by atoms with van der Waals surface area (Å²) in [6, 6.07) is 15.4. The number of phenolic OH excluding ortho intramolecular Hbond substituents is 1. The lowest BCUT2D eigenvalue weighted by molar-refractivity contribution is -0.385. The van der Waals surface area contributed by atoms with Crippen LogP contribution in [0, 0.1) is 10.1 Å². The molecule has 168 valence electrons. The number of benzene rings is 3. The van der Waals surface area contributed by atoms with Gasteiger partial charge < -0.3 is 9.84 Å². The van der Waals surface area contributed by atoms with Gasteiger partial charge in [0.05, 0.1) is 23.2 Å². The highest BCUT2D eigenvalue weighted by Gasteiger charge is 2.27. The monoisotopic (exact) mass is 443 g/mol. The molecule has 0 amide bonds. The topological polar surface area (TPSA) is 88.7 Å². The molecule has 7 nitrogen and oxygen atoms in total. The minimum atomic E-state index is -0.592. The minimum absolute atomic E-state index is 0.0644. The predicted molar refractivity (Wildman–Crippen MR) is 129 cm³/mol. The maximum atomic E-state index is 11.6. The van der Waals surface area contributed by atoms with Gasteiger partial charge in [-0.15, -0.1) is 0 Å². The molecule has 3 aromatic carbocycles. The number of fused-ring (bicyclic) bond motifs is 5. The van der Waals surface area contributed by atoms with Gasteiger partial charge >= 0.3 is 5.69 Å². The number of ether oxygens (including phenoxy) is 1. The molecule has 7 heteroatoms. The van der Waals surface area contributed by atoms with Crippen LogP contribution in [0.2, 0.25) is 0 Å². The van der Waals surface area contributed by atoms with Crippen molar-refractivity contribution in [3.05, 3.63) is 69.8 Å². The number of aromatic hydroxyl groups is 1. The molecule has 2 heterocycles. The fourth-order valence-corrected chi connectivity index (χ4v) is 4.94. The number of hydrogen-bond donors (Lipinski definition) is 1. The van der Waals surface area contributed by atoms with E-state index in [-0.39, 0.29) is 11.4 Å². The van der Waals surface area contributed by atoms with Crippen molar-refractivity contribution >= 4 is 27.4 Å². The van der Waals surface area contributed by atoms with Crippen LogP contribution in [0.15, 0.2) is 48.5 Å². The summed E-state index contributed by atoms with van der Waals surface area (Å²) in [6.45, 7) is 4.82. The molecule has 4 aromatic rings. The van der Waals surface area contributed by atoms with Gasteiger partial charge in [-0.2, -0.15) is 0 Å². The number of methoxy groups -OCH3 is 1. The number of phenols is 1. The Morgan fingerprint density at radius 3 is 2.76 bits per heavy atom. The summed E-state index contributed by atoms with van der Waals surface area (Å²) in [7, 11) is 1.39. The molecule has 0 unspecified atom stereocenters. The summed E-state index contributed by atoms with van der Waals surface area (Å²) in [5.41, 5.74) is 4.08.